The highest BCUT2D eigenvalue weighted by Gasteiger charge is 2.46. The van der Waals surface area contributed by atoms with Crippen LogP contribution in [0.4, 0.5) is 5.69 Å². The Morgan fingerprint density at radius 1 is 1.00 bits per heavy atom. The summed E-state index contributed by atoms with van der Waals surface area (Å²) >= 11 is 0. The van der Waals surface area contributed by atoms with Gasteiger partial charge in [-0.3, -0.25) is 9.69 Å². The first kappa shape index (κ1) is 20.7. The number of amides is 1. The van der Waals surface area contributed by atoms with Gasteiger partial charge in [-0.25, -0.2) is 0 Å². The van der Waals surface area contributed by atoms with Crippen molar-refractivity contribution in [3.8, 4) is 11.5 Å². The molecule has 1 amide bonds. The van der Waals surface area contributed by atoms with Gasteiger partial charge in [0.1, 0.15) is 18.1 Å². The lowest BCUT2D eigenvalue weighted by Crippen LogP contribution is -2.46. The Morgan fingerprint density at radius 2 is 1.73 bits per heavy atom. The second kappa shape index (κ2) is 8.66. The zero-order valence-electron chi connectivity index (χ0n) is 18.0. The molecular weight excluding hydrogens is 380 g/mol. The number of anilines is 1. The predicted molar refractivity (Wildman–Crippen MR) is 116 cm³/mol. The Balaban J connectivity index is 1.53. The van der Waals surface area contributed by atoms with Crippen LogP contribution in [-0.2, 0) is 21.5 Å². The number of nitrogens with zero attached hydrogens (tertiary/aromatic N) is 2. The van der Waals surface area contributed by atoms with Crippen LogP contribution in [0, 0.1) is 0 Å². The minimum absolute atomic E-state index is 0.0135. The number of rotatable bonds is 6. The summed E-state index contributed by atoms with van der Waals surface area (Å²) < 4.78 is 16.0. The van der Waals surface area contributed by atoms with Crippen LogP contribution < -0.4 is 14.4 Å². The fraction of sp³-hybridized carbons (Fsp3) is 0.458. The van der Waals surface area contributed by atoms with E-state index in [1.807, 2.05) is 29.2 Å². The van der Waals surface area contributed by atoms with E-state index in [0.29, 0.717) is 6.54 Å². The Labute approximate surface area is 178 Å². The molecule has 0 atom stereocenters. The van der Waals surface area contributed by atoms with E-state index in [-0.39, 0.29) is 17.9 Å². The van der Waals surface area contributed by atoms with Crippen molar-refractivity contribution in [3.63, 3.8) is 0 Å². The molecule has 30 heavy (non-hydrogen) atoms. The summed E-state index contributed by atoms with van der Waals surface area (Å²) in [6, 6.07) is 14.3. The fourth-order valence-electron chi connectivity index (χ4n) is 4.79. The summed E-state index contributed by atoms with van der Waals surface area (Å²) in [5, 5.41) is 0. The number of methoxy groups -OCH3 is 3. The van der Waals surface area contributed by atoms with E-state index in [0.717, 1.165) is 49.7 Å². The molecule has 2 aliphatic rings. The minimum Gasteiger partial charge on any atom is -0.497 e. The third-order valence-electron chi connectivity index (χ3n) is 6.45. The molecule has 2 aromatic rings. The van der Waals surface area contributed by atoms with Crippen LogP contribution in [0.25, 0.3) is 0 Å². The van der Waals surface area contributed by atoms with E-state index < -0.39 is 0 Å². The number of likely N-dealkylation sites (tertiary alicyclic amines) is 1. The SMILES string of the molecule is COCC(=O)N1CC2(CCN(Cc3cccc(OC)c3)CC2)c2cc(OC)ccc21. The summed E-state index contributed by atoms with van der Waals surface area (Å²) in [5.41, 5.74) is 3.46. The van der Waals surface area contributed by atoms with Crippen LogP contribution >= 0.6 is 0 Å². The third kappa shape index (κ3) is 3.89. The maximum atomic E-state index is 12.7. The van der Waals surface area contributed by atoms with Gasteiger partial charge in [0.15, 0.2) is 0 Å². The van der Waals surface area contributed by atoms with Crippen LogP contribution in [0.5, 0.6) is 11.5 Å². The maximum absolute atomic E-state index is 12.7. The molecule has 0 bridgehead atoms. The van der Waals surface area contributed by atoms with Crippen molar-refractivity contribution in [3.05, 3.63) is 53.6 Å². The van der Waals surface area contributed by atoms with Gasteiger partial charge in [-0.05, 0) is 67.4 Å². The highest BCUT2D eigenvalue weighted by atomic mass is 16.5. The maximum Gasteiger partial charge on any atom is 0.252 e. The first-order valence-corrected chi connectivity index (χ1v) is 10.4. The van der Waals surface area contributed by atoms with Gasteiger partial charge in [0, 0.05) is 31.3 Å². The second-order valence-electron chi connectivity index (χ2n) is 8.20. The molecule has 160 valence electrons. The van der Waals surface area contributed by atoms with Crippen molar-refractivity contribution < 1.29 is 19.0 Å². The van der Waals surface area contributed by atoms with Crippen molar-refractivity contribution in [2.75, 3.05) is 52.5 Å². The summed E-state index contributed by atoms with van der Waals surface area (Å²) in [6.07, 6.45) is 2.02. The molecule has 0 saturated carbocycles. The van der Waals surface area contributed by atoms with E-state index in [2.05, 4.69) is 23.1 Å². The largest absolute Gasteiger partial charge is 0.497 e. The van der Waals surface area contributed by atoms with E-state index in [4.69, 9.17) is 14.2 Å². The smallest absolute Gasteiger partial charge is 0.252 e. The lowest BCUT2D eigenvalue weighted by molar-refractivity contribution is -0.122. The van der Waals surface area contributed by atoms with Gasteiger partial charge in [-0.2, -0.15) is 0 Å². The Bertz CT molecular complexity index is 906. The van der Waals surface area contributed by atoms with Gasteiger partial charge in [0.05, 0.1) is 14.2 Å². The lowest BCUT2D eigenvalue weighted by Gasteiger charge is -2.40. The molecule has 0 aliphatic carbocycles. The van der Waals surface area contributed by atoms with Gasteiger partial charge in [0.25, 0.3) is 5.91 Å². The van der Waals surface area contributed by atoms with Crippen molar-refractivity contribution >= 4 is 11.6 Å². The molecule has 0 unspecified atom stereocenters. The van der Waals surface area contributed by atoms with Gasteiger partial charge < -0.3 is 19.1 Å². The van der Waals surface area contributed by atoms with Crippen molar-refractivity contribution in [2.24, 2.45) is 0 Å². The molecule has 1 fully saturated rings. The summed E-state index contributed by atoms with van der Waals surface area (Å²) in [6.45, 7) is 3.69. The molecule has 2 aliphatic heterocycles. The van der Waals surface area contributed by atoms with E-state index in [1.54, 1.807) is 21.3 Å². The molecule has 0 N–H and O–H groups in total. The average molecular weight is 411 g/mol. The van der Waals surface area contributed by atoms with Gasteiger partial charge in [0.2, 0.25) is 0 Å². The Kier molecular flexibility index (Phi) is 5.97. The molecule has 1 spiro atoms. The quantitative estimate of drug-likeness (QED) is 0.732. The molecule has 4 rings (SSSR count). The van der Waals surface area contributed by atoms with Crippen molar-refractivity contribution in [1.82, 2.24) is 4.90 Å². The minimum atomic E-state index is -0.0296. The number of fused-ring (bicyclic) bond motifs is 2. The van der Waals surface area contributed by atoms with E-state index in [1.165, 1.54) is 11.1 Å². The first-order valence-electron chi connectivity index (χ1n) is 10.4. The fourth-order valence-corrected chi connectivity index (χ4v) is 4.79. The van der Waals surface area contributed by atoms with Gasteiger partial charge in [-0.1, -0.05) is 12.1 Å². The summed E-state index contributed by atoms with van der Waals surface area (Å²) in [7, 11) is 4.95. The van der Waals surface area contributed by atoms with Crippen molar-refractivity contribution in [1.29, 1.82) is 0 Å². The molecule has 2 heterocycles. The third-order valence-corrected chi connectivity index (χ3v) is 6.45. The number of benzene rings is 2. The standard InChI is InChI=1S/C24H30N2O4/c1-28-16-23(27)26-17-24(21-14-20(30-3)7-8-22(21)26)9-11-25(12-10-24)15-18-5-4-6-19(13-18)29-2/h4-8,13-14H,9-12,15-17H2,1-3H3. The molecular formula is C24H30N2O4. The average Bonchev–Trinajstić information content (AvgIpc) is 3.09. The topological polar surface area (TPSA) is 51.2 Å². The molecule has 6 nitrogen and oxygen atoms in total. The zero-order chi connectivity index (χ0) is 21.1. The molecule has 1 saturated heterocycles. The highest BCUT2D eigenvalue weighted by Crippen LogP contribution is 2.48. The van der Waals surface area contributed by atoms with Crippen LogP contribution in [0.2, 0.25) is 0 Å². The molecule has 6 heteroatoms. The normalized spacial score (nSPS) is 17.8. The monoisotopic (exact) mass is 410 g/mol. The van der Waals surface area contributed by atoms with E-state index in [9.17, 15) is 4.79 Å². The second-order valence-corrected chi connectivity index (χ2v) is 8.20. The zero-order valence-corrected chi connectivity index (χ0v) is 18.0. The predicted octanol–water partition coefficient (Wildman–Crippen LogP) is 3.23. The van der Waals surface area contributed by atoms with Gasteiger partial charge >= 0.3 is 0 Å². The molecule has 0 aromatic heterocycles. The van der Waals surface area contributed by atoms with Crippen LogP contribution in [0.1, 0.15) is 24.0 Å². The number of ether oxygens (including phenoxy) is 3. The number of hydrogen-bond donors (Lipinski definition) is 0. The van der Waals surface area contributed by atoms with Gasteiger partial charge in [-0.15, -0.1) is 0 Å². The summed E-state index contributed by atoms with van der Waals surface area (Å²) in [4.78, 5) is 17.1. The van der Waals surface area contributed by atoms with Crippen LogP contribution in [-0.4, -0.2) is 58.4 Å². The Hall–Kier alpha value is -2.57. The van der Waals surface area contributed by atoms with Crippen LogP contribution in [0.15, 0.2) is 42.5 Å². The molecule has 0 radical (unpaired) electrons. The number of hydrogen-bond acceptors (Lipinski definition) is 5. The van der Waals surface area contributed by atoms with E-state index >= 15 is 0 Å². The first-order chi connectivity index (χ1) is 14.6. The summed E-state index contributed by atoms with van der Waals surface area (Å²) in [5.74, 6) is 1.75. The lowest BCUT2D eigenvalue weighted by atomic mass is 9.74. The Morgan fingerprint density at radius 3 is 2.43 bits per heavy atom. The number of carbonyl (C=O) groups is 1. The highest BCUT2D eigenvalue weighted by molar-refractivity contribution is 5.97. The molecule has 2 aromatic carbocycles. The number of carbonyl (C=O) groups excluding carboxylic acids is 1. The van der Waals surface area contributed by atoms with Crippen molar-refractivity contribution in [2.45, 2.75) is 24.8 Å². The van der Waals surface area contributed by atoms with Crippen LogP contribution in [0.3, 0.4) is 0 Å². The number of piperidine rings is 1.